The fourth-order valence-electron chi connectivity index (χ4n) is 2.17. The number of pyridine rings is 1. The zero-order valence-electron chi connectivity index (χ0n) is 13.2. The smallest absolute Gasteiger partial charge is 0.241 e. The SMILES string of the molecule is CC(=O)Nc1ccc(C)c(S(=O)(=O)NC(C)c2cccnc2)c1. The standard InChI is InChI=1S/C16H19N3O3S/c1-11-6-7-15(18-13(3)20)9-16(11)23(21,22)19-12(2)14-5-4-8-17-10-14/h4-10,12,19H,1-3H3,(H,18,20). The Hall–Kier alpha value is -2.25. The molecule has 0 aliphatic carbocycles. The van der Waals surface area contributed by atoms with E-state index < -0.39 is 16.1 Å². The van der Waals surface area contributed by atoms with Crippen LogP contribution >= 0.6 is 0 Å². The van der Waals surface area contributed by atoms with Crippen molar-refractivity contribution in [2.45, 2.75) is 31.7 Å². The normalized spacial score (nSPS) is 12.7. The van der Waals surface area contributed by atoms with Gasteiger partial charge < -0.3 is 5.32 Å². The molecule has 2 N–H and O–H groups in total. The maximum atomic E-state index is 12.6. The summed E-state index contributed by atoms with van der Waals surface area (Å²) in [5.41, 5.74) is 1.81. The molecule has 0 fully saturated rings. The molecule has 0 spiro atoms. The molecule has 1 atom stereocenters. The van der Waals surface area contributed by atoms with Gasteiger partial charge in [-0.05, 0) is 43.2 Å². The molecule has 2 aromatic rings. The highest BCUT2D eigenvalue weighted by Crippen LogP contribution is 2.22. The minimum Gasteiger partial charge on any atom is -0.326 e. The molecule has 1 unspecified atom stereocenters. The van der Waals surface area contributed by atoms with Gasteiger partial charge in [0, 0.05) is 31.0 Å². The summed E-state index contributed by atoms with van der Waals surface area (Å²) in [6.45, 7) is 4.83. The molecular formula is C16H19N3O3S. The van der Waals surface area contributed by atoms with E-state index in [-0.39, 0.29) is 10.8 Å². The average molecular weight is 333 g/mol. The summed E-state index contributed by atoms with van der Waals surface area (Å²) in [6.07, 6.45) is 3.25. The Bertz CT molecular complexity index is 805. The summed E-state index contributed by atoms with van der Waals surface area (Å²) >= 11 is 0. The molecule has 7 heteroatoms. The molecule has 1 aromatic carbocycles. The number of amides is 1. The summed E-state index contributed by atoms with van der Waals surface area (Å²) < 4.78 is 27.9. The molecule has 0 saturated carbocycles. The van der Waals surface area contributed by atoms with E-state index in [1.165, 1.54) is 13.0 Å². The highest BCUT2D eigenvalue weighted by atomic mass is 32.2. The van der Waals surface area contributed by atoms with E-state index in [4.69, 9.17) is 0 Å². The zero-order valence-corrected chi connectivity index (χ0v) is 14.0. The lowest BCUT2D eigenvalue weighted by Gasteiger charge is -2.16. The first kappa shape index (κ1) is 17.1. The number of benzene rings is 1. The van der Waals surface area contributed by atoms with Crippen LogP contribution in [0.25, 0.3) is 0 Å². The quantitative estimate of drug-likeness (QED) is 0.879. The highest BCUT2D eigenvalue weighted by molar-refractivity contribution is 7.89. The Morgan fingerprint density at radius 2 is 2.00 bits per heavy atom. The summed E-state index contributed by atoms with van der Waals surface area (Å²) in [4.78, 5) is 15.3. The Morgan fingerprint density at radius 3 is 2.61 bits per heavy atom. The number of hydrogen-bond donors (Lipinski definition) is 2. The lowest BCUT2D eigenvalue weighted by atomic mass is 10.2. The molecule has 0 radical (unpaired) electrons. The number of nitrogens with zero attached hydrogens (tertiary/aromatic N) is 1. The Labute approximate surface area is 136 Å². The third kappa shape index (κ3) is 4.37. The van der Waals surface area contributed by atoms with E-state index in [1.807, 2.05) is 0 Å². The van der Waals surface area contributed by atoms with Crippen molar-refractivity contribution in [3.63, 3.8) is 0 Å². The van der Waals surface area contributed by atoms with E-state index in [0.717, 1.165) is 5.56 Å². The molecule has 1 amide bonds. The Kier molecular flexibility index (Phi) is 5.12. The first-order valence-electron chi connectivity index (χ1n) is 7.10. The van der Waals surface area contributed by atoms with Crippen molar-refractivity contribution in [2.75, 3.05) is 5.32 Å². The van der Waals surface area contributed by atoms with Crippen LogP contribution in [0.5, 0.6) is 0 Å². The number of carbonyl (C=O) groups excluding carboxylic acids is 1. The number of rotatable bonds is 5. The molecule has 0 bridgehead atoms. The lowest BCUT2D eigenvalue weighted by Crippen LogP contribution is -2.27. The predicted molar refractivity (Wildman–Crippen MR) is 88.5 cm³/mol. The maximum absolute atomic E-state index is 12.6. The molecule has 2 rings (SSSR count). The second-order valence-corrected chi connectivity index (χ2v) is 6.97. The molecule has 1 aromatic heterocycles. The summed E-state index contributed by atoms with van der Waals surface area (Å²) in [5, 5.41) is 2.59. The fraction of sp³-hybridized carbons (Fsp3) is 0.250. The van der Waals surface area contributed by atoms with Gasteiger partial charge in [0.2, 0.25) is 15.9 Å². The van der Waals surface area contributed by atoms with E-state index in [0.29, 0.717) is 11.3 Å². The van der Waals surface area contributed by atoms with Gasteiger partial charge in [-0.15, -0.1) is 0 Å². The van der Waals surface area contributed by atoms with Crippen molar-refractivity contribution in [3.8, 4) is 0 Å². The van der Waals surface area contributed by atoms with Crippen LogP contribution in [0.2, 0.25) is 0 Å². The van der Waals surface area contributed by atoms with Crippen molar-refractivity contribution in [1.29, 1.82) is 0 Å². The Morgan fingerprint density at radius 1 is 1.26 bits per heavy atom. The van der Waals surface area contributed by atoms with Gasteiger partial charge in [-0.3, -0.25) is 9.78 Å². The van der Waals surface area contributed by atoms with Crippen molar-refractivity contribution in [2.24, 2.45) is 0 Å². The number of anilines is 1. The Balaban J connectivity index is 2.30. The third-order valence-corrected chi connectivity index (χ3v) is 5.00. The highest BCUT2D eigenvalue weighted by Gasteiger charge is 2.21. The first-order valence-corrected chi connectivity index (χ1v) is 8.58. The van der Waals surface area contributed by atoms with Crippen molar-refractivity contribution in [3.05, 3.63) is 53.9 Å². The van der Waals surface area contributed by atoms with Gasteiger partial charge in [-0.2, -0.15) is 0 Å². The summed E-state index contributed by atoms with van der Waals surface area (Å²) in [6, 6.07) is 7.92. The average Bonchev–Trinajstić information content (AvgIpc) is 2.49. The molecule has 23 heavy (non-hydrogen) atoms. The first-order chi connectivity index (χ1) is 10.8. The predicted octanol–water partition coefficient (Wildman–Crippen LogP) is 2.39. The molecule has 0 saturated heterocycles. The topological polar surface area (TPSA) is 88.2 Å². The number of aromatic nitrogens is 1. The molecule has 122 valence electrons. The van der Waals surface area contributed by atoms with Crippen molar-refractivity contribution < 1.29 is 13.2 Å². The van der Waals surface area contributed by atoms with Crippen LogP contribution in [-0.2, 0) is 14.8 Å². The van der Waals surface area contributed by atoms with Crippen LogP contribution in [0.3, 0.4) is 0 Å². The molecule has 1 heterocycles. The van der Waals surface area contributed by atoms with E-state index in [9.17, 15) is 13.2 Å². The largest absolute Gasteiger partial charge is 0.326 e. The summed E-state index contributed by atoms with van der Waals surface area (Å²) in [7, 11) is -3.73. The minimum absolute atomic E-state index is 0.138. The van der Waals surface area contributed by atoms with Gasteiger partial charge in [0.05, 0.1) is 4.90 Å². The number of carbonyl (C=O) groups is 1. The van der Waals surface area contributed by atoms with Crippen LogP contribution in [-0.4, -0.2) is 19.3 Å². The summed E-state index contributed by atoms with van der Waals surface area (Å²) in [5.74, 6) is -0.256. The molecule has 6 nitrogen and oxygen atoms in total. The maximum Gasteiger partial charge on any atom is 0.241 e. The monoisotopic (exact) mass is 333 g/mol. The molecule has 0 aliphatic rings. The van der Waals surface area contributed by atoms with Gasteiger partial charge in [0.15, 0.2) is 0 Å². The minimum atomic E-state index is -3.73. The molecule has 0 aliphatic heterocycles. The number of nitrogens with one attached hydrogen (secondary N) is 2. The third-order valence-electron chi connectivity index (χ3n) is 3.31. The fourth-order valence-corrected chi connectivity index (χ4v) is 3.67. The van der Waals surface area contributed by atoms with Crippen LogP contribution in [0.4, 0.5) is 5.69 Å². The second-order valence-electron chi connectivity index (χ2n) is 5.29. The van der Waals surface area contributed by atoms with Crippen LogP contribution in [0.15, 0.2) is 47.6 Å². The van der Waals surface area contributed by atoms with Gasteiger partial charge in [-0.1, -0.05) is 12.1 Å². The van der Waals surface area contributed by atoms with Crippen molar-refractivity contribution >= 4 is 21.6 Å². The lowest BCUT2D eigenvalue weighted by molar-refractivity contribution is -0.114. The van der Waals surface area contributed by atoms with Gasteiger partial charge in [0.1, 0.15) is 0 Å². The van der Waals surface area contributed by atoms with E-state index in [2.05, 4.69) is 15.0 Å². The van der Waals surface area contributed by atoms with Gasteiger partial charge in [0.25, 0.3) is 0 Å². The van der Waals surface area contributed by atoms with Gasteiger partial charge in [-0.25, -0.2) is 13.1 Å². The van der Waals surface area contributed by atoms with E-state index >= 15 is 0 Å². The van der Waals surface area contributed by atoms with Crippen LogP contribution < -0.4 is 10.0 Å². The van der Waals surface area contributed by atoms with E-state index in [1.54, 1.807) is 50.5 Å². The second kappa shape index (κ2) is 6.89. The zero-order chi connectivity index (χ0) is 17.0. The number of aryl methyl sites for hydroxylation is 1. The molecular weight excluding hydrogens is 314 g/mol. The number of sulfonamides is 1. The van der Waals surface area contributed by atoms with Crippen LogP contribution in [0, 0.1) is 6.92 Å². The number of hydrogen-bond acceptors (Lipinski definition) is 4. The van der Waals surface area contributed by atoms with Crippen molar-refractivity contribution in [1.82, 2.24) is 9.71 Å². The van der Waals surface area contributed by atoms with Crippen LogP contribution in [0.1, 0.15) is 31.0 Å². The van der Waals surface area contributed by atoms with Gasteiger partial charge >= 0.3 is 0 Å².